The molecule has 1 aliphatic carbocycles. The van der Waals surface area contributed by atoms with Gasteiger partial charge in [-0.3, -0.25) is 9.59 Å². The molecular formula is C16H21Cl3N2O5. The number of alkyl halides is 3. The predicted octanol–water partition coefficient (Wildman–Crippen LogP) is 3.03. The van der Waals surface area contributed by atoms with Crippen molar-refractivity contribution in [2.24, 2.45) is 0 Å². The Balaban J connectivity index is 2.28. The second kappa shape index (κ2) is 7.82. The summed E-state index contributed by atoms with van der Waals surface area (Å²) in [5, 5.41) is 0. The van der Waals surface area contributed by atoms with Crippen molar-refractivity contribution in [2.45, 2.75) is 48.0 Å². The molecule has 2 aliphatic rings. The molecule has 1 spiro atoms. The van der Waals surface area contributed by atoms with Crippen LogP contribution in [0.1, 0.15) is 32.6 Å². The molecule has 0 saturated carbocycles. The summed E-state index contributed by atoms with van der Waals surface area (Å²) < 4.78 is 7.81. The number of carbonyl (C=O) groups is 3. The van der Waals surface area contributed by atoms with E-state index in [2.05, 4.69) is 0 Å². The minimum Gasteiger partial charge on any atom is -0.453 e. The van der Waals surface area contributed by atoms with Gasteiger partial charge < -0.3 is 19.3 Å². The van der Waals surface area contributed by atoms with E-state index >= 15 is 0 Å². The lowest BCUT2D eigenvalue weighted by Gasteiger charge is -2.41. The normalized spacial score (nSPS) is 25.7. The lowest BCUT2D eigenvalue weighted by Crippen LogP contribution is -2.52. The second-order valence-corrected chi connectivity index (χ2v) is 8.83. The Hall–Kier alpha value is -1.18. The van der Waals surface area contributed by atoms with E-state index in [4.69, 9.17) is 44.3 Å². The van der Waals surface area contributed by atoms with Crippen LogP contribution in [0.3, 0.4) is 0 Å². The zero-order chi connectivity index (χ0) is 19.7. The van der Waals surface area contributed by atoms with Gasteiger partial charge in [-0.2, -0.15) is 0 Å². The van der Waals surface area contributed by atoms with Crippen LogP contribution in [-0.2, 0) is 19.1 Å². The summed E-state index contributed by atoms with van der Waals surface area (Å²) in [6.45, 7) is 1.57. The van der Waals surface area contributed by atoms with Crippen molar-refractivity contribution in [3.8, 4) is 0 Å². The number of nitrogens with zero attached hydrogens (tertiary/aromatic N) is 2. The summed E-state index contributed by atoms with van der Waals surface area (Å²) in [5.74, 6) is -0.460. The van der Waals surface area contributed by atoms with Crippen molar-refractivity contribution < 1.29 is 23.9 Å². The fraction of sp³-hybridized carbons (Fsp3) is 0.688. The third kappa shape index (κ3) is 4.38. The van der Waals surface area contributed by atoms with Gasteiger partial charge in [0, 0.05) is 32.5 Å². The van der Waals surface area contributed by atoms with Gasteiger partial charge in [-0.25, -0.2) is 4.79 Å². The predicted molar refractivity (Wildman–Crippen MR) is 97.0 cm³/mol. The third-order valence-electron chi connectivity index (χ3n) is 4.90. The Morgan fingerprint density at radius 1 is 1.35 bits per heavy atom. The van der Waals surface area contributed by atoms with Gasteiger partial charge in [-0.1, -0.05) is 34.8 Å². The molecule has 0 radical (unpaired) electrons. The smallest absolute Gasteiger partial charge is 0.409 e. The SMILES string of the molecule is COC(=O)N(C)C1CN(C(=O)C(Cl)(Cl)Cl)[C@@]2(CC=C(OC(C)=O)CC2)C1. The summed E-state index contributed by atoms with van der Waals surface area (Å²) in [6.07, 6.45) is 3.23. The standard InChI is InChI=1S/C16H21Cl3N2O5/c1-10(22)26-12-4-6-15(7-5-12)8-11(20(2)14(24)25-3)9-21(15)13(23)16(17,18)19/h4,11H,5-9H2,1-3H3/t11?,15-/m1/s1. The molecule has 1 saturated heterocycles. The van der Waals surface area contributed by atoms with E-state index in [0.717, 1.165) is 0 Å². The Bertz CT molecular complexity index is 634. The molecule has 26 heavy (non-hydrogen) atoms. The number of rotatable bonds is 2. The fourth-order valence-corrected chi connectivity index (χ4v) is 3.90. The van der Waals surface area contributed by atoms with Crippen LogP contribution in [-0.4, -0.2) is 63.8 Å². The van der Waals surface area contributed by atoms with Gasteiger partial charge in [0.1, 0.15) is 5.76 Å². The molecule has 2 amide bonds. The number of carbonyl (C=O) groups excluding carboxylic acids is 3. The number of likely N-dealkylation sites (tertiary alicyclic amines) is 1. The van der Waals surface area contributed by atoms with Crippen molar-refractivity contribution in [3.63, 3.8) is 0 Å². The first-order valence-corrected chi connectivity index (χ1v) is 9.20. The van der Waals surface area contributed by atoms with Crippen LogP contribution in [0.15, 0.2) is 11.8 Å². The molecule has 10 heteroatoms. The Labute approximate surface area is 167 Å². The number of hydrogen-bond acceptors (Lipinski definition) is 5. The Morgan fingerprint density at radius 2 is 2.00 bits per heavy atom. The number of halogens is 3. The summed E-state index contributed by atoms with van der Waals surface area (Å²) >= 11 is 17.5. The highest BCUT2D eigenvalue weighted by molar-refractivity contribution is 6.76. The number of methoxy groups -OCH3 is 1. The highest BCUT2D eigenvalue weighted by atomic mass is 35.6. The molecule has 2 atom stereocenters. The summed E-state index contributed by atoms with van der Waals surface area (Å²) in [5.41, 5.74) is -0.613. The largest absolute Gasteiger partial charge is 0.453 e. The summed E-state index contributed by atoms with van der Waals surface area (Å²) in [7, 11) is 2.90. The molecule has 0 aromatic carbocycles. The van der Waals surface area contributed by atoms with Crippen LogP contribution in [0.5, 0.6) is 0 Å². The molecule has 0 bridgehead atoms. The van der Waals surface area contributed by atoms with Crippen LogP contribution >= 0.6 is 34.8 Å². The van der Waals surface area contributed by atoms with E-state index in [1.54, 1.807) is 13.1 Å². The molecular weight excluding hydrogens is 407 g/mol. The molecule has 1 aliphatic heterocycles. The number of likely N-dealkylation sites (N-methyl/N-ethyl adjacent to an activating group) is 1. The number of allylic oxidation sites excluding steroid dienone is 1. The van der Waals surface area contributed by atoms with E-state index in [1.807, 2.05) is 0 Å². The molecule has 2 rings (SSSR count). The van der Waals surface area contributed by atoms with Crippen LogP contribution in [0.25, 0.3) is 0 Å². The summed E-state index contributed by atoms with van der Waals surface area (Å²) in [6, 6.07) is -0.276. The van der Waals surface area contributed by atoms with Gasteiger partial charge in [0.05, 0.1) is 13.2 Å². The van der Waals surface area contributed by atoms with Gasteiger partial charge in [-0.15, -0.1) is 0 Å². The van der Waals surface area contributed by atoms with Crippen LogP contribution in [0.2, 0.25) is 0 Å². The van der Waals surface area contributed by atoms with Gasteiger partial charge in [0.2, 0.25) is 0 Å². The van der Waals surface area contributed by atoms with Crippen molar-refractivity contribution in [2.75, 3.05) is 20.7 Å². The minimum atomic E-state index is -2.09. The van der Waals surface area contributed by atoms with Crippen molar-refractivity contribution >= 4 is 52.8 Å². The maximum Gasteiger partial charge on any atom is 0.409 e. The topological polar surface area (TPSA) is 76.2 Å². The van der Waals surface area contributed by atoms with Crippen molar-refractivity contribution in [1.82, 2.24) is 9.80 Å². The lowest BCUT2D eigenvalue weighted by molar-refractivity contribution is -0.139. The first kappa shape index (κ1) is 21.1. The van der Waals surface area contributed by atoms with Gasteiger partial charge in [-0.05, 0) is 25.3 Å². The number of esters is 1. The number of amides is 2. The quantitative estimate of drug-likeness (QED) is 0.500. The van der Waals surface area contributed by atoms with Crippen LogP contribution in [0, 0.1) is 0 Å². The van der Waals surface area contributed by atoms with E-state index in [0.29, 0.717) is 31.4 Å². The van der Waals surface area contributed by atoms with E-state index in [-0.39, 0.29) is 12.6 Å². The zero-order valence-corrected chi connectivity index (χ0v) is 17.0. The van der Waals surface area contributed by atoms with Crippen LogP contribution < -0.4 is 0 Å². The molecule has 1 unspecified atom stereocenters. The molecule has 146 valence electrons. The maximum absolute atomic E-state index is 12.7. The highest BCUT2D eigenvalue weighted by Crippen LogP contribution is 2.45. The highest BCUT2D eigenvalue weighted by Gasteiger charge is 2.53. The van der Waals surface area contributed by atoms with Crippen LogP contribution in [0.4, 0.5) is 4.79 Å². The average molecular weight is 428 g/mol. The zero-order valence-electron chi connectivity index (χ0n) is 14.8. The number of hydrogen-bond donors (Lipinski definition) is 0. The van der Waals surface area contributed by atoms with E-state index < -0.39 is 27.3 Å². The molecule has 0 N–H and O–H groups in total. The Morgan fingerprint density at radius 3 is 2.46 bits per heavy atom. The molecule has 0 aromatic heterocycles. The summed E-state index contributed by atoms with van der Waals surface area (Å²) in [4.78, 5) is 38.7. The maximum atomic E-state index is 12.7. The average Bonchev–Trinajstić information content (AvgIpc) is 2.92. The van der Waals surface area contributed by atoms with Gasteiger partial charge in [0.25, 0.3) is 9.70 Å². The lowest BCUT2D eigenvalue weighted by atomic mass is 9.81. The number of ether oxygens (including phenoxy) is 2. The monoisotopic (exact) mass is 426 g/mol. The van der Waals surface area contributed by atoms with E-state index in [1.165, 1.54) is 23.8 Å². The van der Waals surface area contributed by atoms with Gasteiger partial charge >= 0.3 is 12.1 Å². The molecule has 1 fully saturated rings. The first-order valence-electron chi connectivity index (χ1n) is 8.07. The minimum absolute atomic E-state index is 0.231. The first-order chi connectivity index (χ1) is 12.0. The van der Waals surface area contributed by atoms with Crippen molar-refractivity contribution in [3.05, 3.63) is 11.8 Å². The van der Waals surface area contributed by atoms with Crippen molar-refractivity contribution in [1.29, 1.82) is 0 Å². The third-order valence-corrected chi connectivity index (χ3v) is 5.39. The fourth-order valence-electron chi connectivity index (χ4n) is 3.59. The molecule has 7 nitrogen and oxygen atoms in total. The molecule has 0 aromatic rings. The molecule has 1 heterocycles. The van der Waals surface area contributed by atoms with Gasteiger partial charge in [0.15, 0.2) is 0 Å². The Kier molecular flexibility index (Phi) is 6.36. The second-order valence-electron chi connectivity index (χ2n) is 6.54. The van der Waals surface area contributed by atoms with E-state index in [9.17, 15) is 14.4 Å².